The van der Waals surface area contributed by atoms with Crippen molar-refractivity contribution < 1.29 is 24.5 Å². The summed E-state index contributed by atoms with van der Waals surface area (Å²) >= 11 is 1.52. The number of carbonyl (C=O) groups is 2. The lowest BCUT2D eigenvalue weighted by atomic mass is 10.1. The molecular formula is C21H22N6O5S. The third kappa shape index (κ3) is 3.74. The van der Waals surface area contributed by atoms with Gasteiger partial charge in [-0.15, -0.1) is 0 Å². The van der Waals surface area contributed by atoms with Gasteiger partial charge in [-0.1, -0.05) is 12.1 Å². The standard InChI is InChI=1S/C21H22N6O5S/c22-17-14-18(24-9-23-17)27(10-25-14)21-16(29)15(28)13(32-21)8-33-7-3-6-26-19(30)11-4-1-2-5-12(11)20(26)31/h1-2,4-5,9-10,13,15-16,21,28-29H,3,6-8H2,(H2,22,23,24)/t13-,15-,16-,21-/m1/s1. The average Bonchev–Trinajstić information content (AvgIpc) is 3.44. The Labute approximate surface area is 192 Å². The van der Waals surface area contributed by atoms with Crippen molar-refractivity contribution in [2.45, 2.75) is 31.0 Å². The molecule has 1 fully saturated rings. The van der Waals surface area contributed by atoms with Gasteiger partial charge in [-0.25, -0.2) is 15.0 Å². The Bertz CT molecular complexity index is 1180. The first-order chi connectivity index (χ1) is 16.0. The zero-order valence-electron chi connectivity index (χ0n) is 17.4. The van der Waals surface area contributed by atoms with E-state index in [0.717, 1.165) is 0 Å². The SMILES string of the molecule is Nc1ncnc2c1ncn2[C@@H]1O[C@H](CSCCCN2C(=O)c3ccccc3C2=O)[C@@H](O)[C@H]1O. The maximum atomic E-state index is 12.4. The smallest absolute Gasteiger partial charge is 0.261 e. The Balaban J connectivity index is 1.14. The quantitative estimate of drug-likeness (QED) is 0.327. The van der Waals surface area contributed by atoms with E-state index in [2.05, 4.69) is 15.0 Å². The van der Waals surface area contributed by atoms with E-state index < -0.39 is 24.5 Å². The summed E-state index contributed by atoms with van der Waals surface area (Å²) in [6.07, 6.45) is -0.358. The number of rotatable bonds is 7. The number of anilines is 1. The molecule has 1 saturated heterocycles. The molecule has 0 aliphatic carbocycles. The second-order valence-electron chi connectivity index (χ2n) is 7.87. The maximum Gasteiger partial charge on any atom is 0.261 e. The lowest BCUT2D eigenvalue weighted by molar-refractivity contribution is -0.0289. The van der Waals surface area contributed by atoms with Crippen LogP contribution in [0.4, 0.5) is 5.82 Å². The van der Waals surface area contributed by atoms with Crippen LogP contribution in [0.3, 0.4) is 0 Å². The Kier molecular flexibility index (Phi) is 5.74. The molecule has 33 heavy (non-hydrogen) atoms. The van der Waals surface area contributed by atoms with Crippen LogP contribution in [-0.2, 0) is 4.74 Å². The highest BCUT2D eigenvalue weighted by molar-refractivity contribution is 7.99. The van der Waals surface area contributed by atoms with Crippen molar-refractivity contribution in [3.63, 3.8) is 0 Å². The zero-order valence-corrected chi connectivity index (χ0v) is 18.3. The number of hydrogen-bond donors (Lipinski definition) is 3. The summed E-state index contributed by atoms with van der Waals surface area (Å²) in [7, 11) is 0. The fourth-order valence-corrected chi connectivity index (χ4v) is 5.13. The number of nitrogens with two attached hydrogens (primary N) is 1. The Hall–Kier alpha value is -3.06. The van der Waals surface area contributed by atoms with Gasteiger partial charge in [0.2, 0.25) is 0 Å². The lowest BCUT2D eigenvalue weighted by Crippen LogP contribution is -2.33. The molecule has 4 heterocycles. The number of imide groups is 1. The highest BCUT2D eigenvalue weighted by atomic mass is 32.2. The first-order valence-corrected chi connectivity index (χ1v) is 11.6. The monoisotopic (exact) mass is 470 g/mol. The van der Waals surface area contributed by atoms with Crippen molar-refractivity contribution in [3.05, 3.63) is 48.0 Å². The zero-order chi connectivity index (χ0) is 23.1. The van der Waals surface area contributed by atoms with Crippen LogP contribution >= 0.6 is 11.8 Å². The molecule has 11 nitrogen and oxygen atoms in total. The van der Waals surface area contributed by atoms with Crippen molar-refractivity contribution in [1.29, 1.82) is 0 Å². The summed E-state index contributed by atoms with van der Waals surface area (Å²) in [5.41, 5.74) is 7.50. The number of carbonyl (C=O) groups excluding carboxylic acids is 2. The number of amides is 2. The van der Waals surface area contributed by atoms with Gasteiger partial charge in [0.25, 0.3) is 11.8 Å². The van der Waals surface area contributed by atoms with E-state index in [9.17, 15) is 19.8 Å². The number of thioether (sulfide) groups is 1. The highest BCUT2D eigenvalue weighted by Gasteiger charge is 2.44. The van der Waals surface area contributed by atoms with E-state index in [0.29, 0.717) is 46.8 Å². The van der Waals surface area contributed by atoms with Gasteiger partial charge in [-0.3, -0.25) is 19.1 Å². The molecule has 0 saturated carbocycles. The van der Waals surface area contributed by atoms with Crippen LogP contribution in [0.1, 0.15) is 33.4 Å². The van der Waals surface area contributed by atoms with Gasteiger partial charge >= 0.3 is 0 Å². The minimum atomic E-state index is -1.16. The van der Waals surface area contributed by atoms with Gasteiger partial charge in [0.05, 0.1) is 23.6 Å². The predicted octanol–water partition coefficient (Wildman–Crippen LogP) is 0.447. The summed E-state index contributed by atoms with van der Waals surface area (Å²) in [5, 5.41) is 21.0. The number of nitrogen functional groups attached to an aromatic ring is 1. The second-order valence-corrected chi connectivity index (χ2v) is 9.02. The molecule has 4 atom stereocenters. The summed E-state index contributed by atoms with van der Waals surface area (Å²) < 4.78 is 7.45. The van der Waals surface area contributed by atoms with Crippen molar-refractivity contribution in [2.24, 2.45) is 0 Å². The van der Waals surface area contributed by atoms with Crippen LogP contribution in [0.15, 0.2) is 36.9 Å². The fraction of sp³-hybridized carbons (Fsp3) is 0.381. The number of aromatic nitrogens is 4. The number of fused-ring (bicyclic) bond motifs is 2. The maximum absolute atomic E-state index is 12.4. The van der Waals surface area contributed by atoms with E-state index in [-0.39, 0.29) is 17.6 Å². The molecule has 0 spiro atoms. The first kappa shape index (κ1) is 21.8. The molecule has 1 aromatic carbocycles. The van der Waals surface area contributed by atoms with Crippen LogP contribution in [0.5, 0.6) is 0 Å². The highest BCUT2D eigenvalue weighted by Crippen LogP contribution is 2.33. The molecule has 172 valence electrons. The van der Waals surface area contributed by atoms with Gasteiger partial charge in [0.1, 0.15) is 24.1 Å². The second kappa shape index (κ2) is 8.71. The van der Waals surface area contributed by atoms with Crippen molar-refractivity contribution in [1.82, 2.24) is 24.4 Å². The molecule has 4 N–H and O–H groups in total. The van der Waals surface area contributed by atoms with Crippen LogP contribution in [-0.4, -0.2) is 82.8 Å². The molecule has 5 rings (SSSR count). The number of aliphatic hydroxyl groups is 2. The van der Waals surface area contributed by atoms with Gasteiger partial charge in [0, 0.05) is 12.3 Å². The summed E-state index contributed by atoms with van der Waals surface area (Å²) in [5.74, 6) is 0.771. The van der Waals surface area contributed by atoms with E-state index in [4.69, 9.17) is 10.5 Å². The topological polar surface area (TPSA) is 157 Å². The Morgan fingerprint density at radius 1 is 1.06 bits per heavy atom. The number of nitrogens with zero attached hydrogens (tertiary/aromatic N) is 5. The fourth-order valence-electron chi connectivity index (χ4n) is 4.12. The number of imidazole rings is 1. The molecule has 2 aliphatic heterocycles. The van der Waals surface area contributed by atoms with E-state index in [1.165, 1.54) is 33.9 Å². The summed E-state index contributed by atoms with van der Waals surface area (Å²) in [6.45, 7) is 0.320. The first-order valence-electron chi connectivity index (χ1n) is 10.4. The number of benzene rings is 1. The van der Waals surface area contributed by atoms with Gasteiger partial charge in [-0.05, 0) is 24.3 Å². The molecule has 2 amide bonds. The molecule has 2 aliphatic rings. The van der Waals surface area contributed by atoms with Crippen LogP contribution in [0.25, 0.3) is 11.2 Å². The molecule has 0 radical (unpaired) electrons. The molecule has 12 heteroatoms. The minimum Gasteiger partial charge on any atom is -0.387 e. The summed E-state index contributed by atoms with van der Waals surface area (Å²) in [4.78, 5) is 38.3. The normalized spacial score (nSPS) is 24.7. The minimum absolute atomic E-state index is 0.219. The number of ether oxygens (including phenoxy) is 1. The summed E-state index contributed by atoms with van der Waals surface area (Å²) in [6, 6.07) is 6.81. The molecule has 2 aromatic heterocycles. The Morgan fingerprint density at radius 3 is 2.52 bits per heavy atom. The Morgan fingerprint density at radius 2 is 1.79 bits per heavy atom. The third-order valence-electron chi connectivity index (χ3n) is 5.83. The van der Waals surface area contributed by atoms with Gasteiger partial charge in [-0.2, -0.15) is 11.8 Å². The van der Waals surface area contributed by atoms with E-state index >= 15 is 0 Å². The van der Waals surface area contributed by atoms with Crippen molar-refractivity contribution in [2.75, 3.05) is 23.8 Å². The van der Waals surface area contributed by atoms with E-state index in [1.807, 2.05) is 0 Å². The van der Waals surface area contributed by atoms with Crippen molar-refractivity contribution in [3.8, 4) is 0 Å². The van der Waals surface area contributed by atoms with Crippen molar-refractivity contribution >= 4 is 40.6 Å². The third-order valence-corrected chi connectivity index (χ3v) is 6.97. The largest absolute Gasteiger partial charge is 0.387 e. The predicted molar refractivity (Wildman–Crippen MR) is 119 cm³/mol. The molecule has 0 unspecified atom stereocenters. The molecule has 0 bridgehead atoms. The van der Waals surface area contributed by atoms with Crippen LogP contribution in [0.2, 0.25) is 0 Å². The van der Waals surface area contributed by atoms with E-state index in [1.54, 1.807) is 24.3 Å². The molecular weight excluding hydrogens is 448 g/mol. The average molecular weight is 471 g/mol. The van der Waals surface area contributed by atoms with Crippen LogP contribution < -0.4 is 5.73 Å². The number of hydrogen-bond acceptors (Lipinski definition) is 10. The van der Waals surface area contributed by atoms with Gasteiger partial charge in [0.15, 0.2) is 17.7 Å². The number of aliphatic hydroxyl groups excluding tert-OH is 2. The molecule has 3 aromatic rings. The van der Waals surface area contributed by atoms with Gasteiger partial charge < -0.3 is 20.7 Å². The van der Waals surface area contributed by atoms with Crippen LogP contribution in [0, 0.1) is 0 Å². The lowest BCUT2D eigenvalue weighted by Gasteiger charge is -2.16.